The molecule has 0 unspecified atom stereocenters. The summed E-state index contributed by atoms with van der Waals surface area (Å²) in [6.07, 6.45) is 0. The summed E-state index contributed by atoms with van der Waals surface area (Å²) in [5.74, 6) is 0.0478. The topological polar surface area (TPSA) is 26.3 Å². The zero-order valence-corrected chi connectivity index (χ0v) is 9.25. The Bertz CT molecular complexity index is 569. The molecule has 2 aromatic carbocycles. The van der Waals surface area contributed by atoms with Gasteiger partial charge in [-0.15, -0.1) is 0 Å². The Morgan fingerprint density at radius 1 is 1.24 bits per heavy atom. The van der Waals surface area contributed by atoms with Crippen molar-refractivity contribution < 1.29 is 18.3 Å². The molecule has 0 fully saturated rings. The van der Waals surface area contributed by atoms with E-state index in [1.165, 1.54) is 18.2 Å². The first-order valence-corrected chi connectivity index (χ1v) is 5.13. The van der Waals surface area contributed by atoms with Crippen LogP contribution in [-0.2, 0) is 0 Å². The van der Waals surface area contributed by atoms with Gasteiger partial charge in [0.2, 0.25) is 0 Å². The van der Waals surface area contributed by atoms with E-state index in [0.717, 1.165) is 0 Å². The molecule has 0 saturated carbocycles. The highest BCUT2D eigenvalue weighted by molar-refractivity contribution is 6.68. The Labute approximate surface area is 101 Å². The van der Waals surface area contributed by atoms with Crippen LogP contribution in [0.25, 0.3) is 10.8 Å². The zero-order valence-electron chi connectivity index (χ0n) is 8.49. The predicted octanol–water partition coefficient (Wildman–Crippen LogP) is 3.82. The van der Waals surface area contributed by atoms with Crippen LogP contribution in [0.4, 0.5) is 8.78 Å². The number of halogens is 3. The van der Waals surface area contributed by atoms with E-state index in [9.17, 15) is 13.6 Å². The molecule has 0 spiro atoms. The number of hydrogen-bond acceptors (Lipinski definition) is 2. The summed E-state index contributed by atoms with van der Waals surface area (Å²) in [6.45, 7) is -2.87. The number of alkyl halides is 2. The molecule has 2 rings (SSSR count). The third-order valence-corrected chi connectivity index (χ3v) is 2.49. The maximum Gasteiger partial charge on any atom is 0.387 e. The van der Waals surface area contributed by atoms with Crippen molar-refractivity contribution in [3.63, 3.8) is 0 Å². The number of carbonyl (C=O) groups excluding carboxylic acids is 1. The molecule has 0 radical (unpaired) electrons. The quantitative estimate of drug-likeness (QED) is 0.781. The van der Waals surface area contributed by atoms with Crippen LogP contribution < -0.4 is 4.74 Å². The van der Waals surface area contributed by atoms with Crippen LogP contribution in [0, 0.1) is 0 Å². The maximum absolute atomic E-state index is 12.0. The lowest BCUT2D eigenvalue weighted by Gasteiger charge is -2.07. The van der Waals surface area contributed by atoms with E-state index in [-0.39, 0.29) is 5.75 Å². The molecule has 0 bridgehead atoms. The van der Waals surface area contributed by atoms with Crippen molar-refractivity contribution in [1.82, 2.24) is 0 Å². The summed E-state index contributed by atoms with van der Waals surface area (Å²) in [7, 11) is 0. The number of ether oxygens (including phenoxy) is 1. The van der Waals surface area contributed by atoms with Gasteiger partial charge in [-0.25, -0.2) is 0 Å². The molecule has 0 aliphatic heterocycles. The lowest BCUT2D eigenvalue weighted by molar-refractivity contribution is -0.0497. The van der Waals surface area contributed by atoms with Crippen LogP contribution in [0.15, 0.2) is 36.4 Å². The van der Waals surface area contributed by atoms with Gasteiger partial charge in [0.25, 0.3) is 5.24 Å². The molecule has 0 atom stereocenters. The van der Waals surface area contributed by atoms with E-state index in [4.69, 9.17) is 11.6 Å². The maximum atomic E-state index is 12.0. The second kappa shape index (κ2) is 4.67. The van der Waals surface area contributed by atoms with Crippen molar-refractivity contribution in [2.45, 2.75) is 6.61 Å². The molecule has 0 aliphatic rings. The molecule has 88 valence electrons. The van der Waals surface area contributed by atoms with Gasteiger partial charge < -0.3 is 4.74 Å². The SMILES string of the molecule is O=C(Cl)c1cccc2cc(OC(F)F)ccc12. The fourth-order valence-electron chi connectivity index (χ4n) is 1.61. The highest BCUT2D eigenvalue weighted by Crippen LogP contribution is 2.25. The molecule has 0 aromatic heterocycles. The fourth-order valence-corrected chi connectivity index (χ4v) is 1.77. The smallest absolute Gasteiger partial charge is 0.387 e. The first kappa shape index (κ1) is 11.8. The van der Waals surface area contributed by atoms with Crippen LogP contribution in [0.5, 0.6) is 5.75 Å². The second-order valence-corrected chi connectivity index (χ2v) is 3.68. The lowest BCUT2D eigenvalue weighted by Crippen LogP contribution is -2.01. The van der Waals surface area contributed by atoms with Crippen LogP contribution in [-0.4, -0.2) is 11.9 Å². The Balaban J connectivity index is 2.53. The molecule has 0 N–H and O–H groups in total. The molecule has 2 aromatic rings. The minimum atomic E-state index is -2.87. The summed E-state index contributed by atoms with van der Waals surface area (Å²) in [4.78, 5) is 11.1. The summed E-state index contributed by atoms with van der Waals surface area (Å²) >= 11 is 5.42. The monoisotopic (exact) mass is 256 g/mol. The molecule has 0 saturated heterocycles. The lowest BCUT2D eigenvalue weighted by atomic mass is 10.1. The van der Waals surface area contributed by atoms with Gasteiger partial charge >= 0.3 is 6.61 Å². The van der Waals surface area contributed by atoms with Crippen molar-refractivity contribution >= 4 is 27.6 Å². The van der Waals surface area contributed by atoms with Gasteiger partial charge in [-0.3, -0.25) is 4.79 Å². The standard InChI is InChI=1S/C12H7ClF2O2/c13-11(16)10-3-1-2-7-6-8(17-12(14)15)4-5-9(7)10/h1-6,12H. The van der Waals surface area contributed by atoms with Crippen molar-refractivity contribution in [2.75, 3.05) is 0 Å². The van der Waals surface area contributed by atoms with Gasteiger partial charge in [0.1, 0.15) is 5.75 Å². The molecule has 5 heteroatoms. The zero-order chi connectivity index (χ0) is 12.4. The number of benzene rings is 2. The highest BCUT2D eigenvalue weighted by atomic mass is 35.5. The number of fused-ring (bicyclic) bond motifs is 1. The summed E-state index contributed by atoms with van der Waals surface area (Å²) < 4.78 is 28.3. The molecule has 0 heterocycles. The Hall–Kier alpha value is -1.68. The van der Waals surface area contributed by atoms with E-state index < -0.39 is 11.9 Å². The van der Waals surface area contributed by atoms with Gasteiger partial charge in [0.15, 0.2) is 0 Å². The summed E-state index contributed by atoms with van der Waals surface area (Å²) in [5, 5.41) is 0.641. The number of hydrogen-bond donors (Lipinski definition) is 0. The van der Waals surface area contributed by atoms with Crippen LogP contribution >= 0.6 is 11.6 Å². The average molecular weight is 257 g/mol. The third-order valence-electron chi connectivity index (χ3n) is 2.29. The first-order chi connectivity index (χ1) is 8.08. The van der Waals surface area contributed by atoms with E-state index in [2.05, 4.69) is 4.74 Å². The van der Waals surface area contributed by atoms with E-state index in [1.807, 2.05) is 0 Å². The predicted molar refractivity (Wildman–Crippen MR) is 60.8 cm³/mol. The Kier molecular flexibility index (Phi) is 3.24. The van der Waals surface area contributed by atoms with Gasteiger partial charge in [-0.2, -0.15) is 8.78 Å². The first-order valence-electron chi connectivity index (χ1n) is 4.75. The van der Waals surface area contributed by atoms with E-state index in [1.54, 1.807) is 18.2 Å². The number of carbonyl (C=O) groups is 1. The second-order valence-electron chi connectivity index (χ2n) is 3.34. The molecule has 2 nitrogen and oxygen atoms in total. The molecule has 0 aliphatic carbocycles. The molecule has 0 amide bonds. The van der Waals surface area contributed by atoms with Crippen LogP contribution in [0.1, 0.15) is 10.4 Å². The van der Waals surface area contributed by atoms with Gasteiger partial charge in [0, 0.05) is 5.56 Å². The summed E-state index contributed by atoms with van der Waals surface area (Å²) in [5.41, 5.74) is 0.341. The van der Waals surface area contributed by atoms with Gasteiger partial charge in [-0.05, 0) is 46.6 Å². The highest BCUT2D eigenvalue weighted by Gasteiger charge is 2.09. The van der Waals surface area contributed by atoms with E-state index >= 15 is 0 Å². The largest absolute Gasteiger partial charge is 0.435 e. The fraction of sp³-hybridized carbons (Fsp3) is 0.0833. The Morgan fingerprint density at radius 3 is 2.65 bits per heavy atom. The normalized spacial score (nSPS) is 10.8. The average Bonchev–Trinajstić information content (AvgIpc) is 2.26. The third kappa shape index (κ3) is 2.53. The minimum Gasteiger partial charge on any atom is -0.435 e. The van der Waals surface area contributed by atoms with E-state index in [0.29, 0.717) is 16.3 Å². The van der Waals surface area contributed by atoms with Crippen molar-refractivity contribution in [2.24, 2.45) is 0 Å². The van der Waals surface area contributed by atoms with Gasteiger partial charge in [-0.1, -0.05) is 12.1 Å². The molecular weight excluding hydrogens is 250 g/mol. The molecule has 17 heavy (non-hydrogen) atoms. The van der Waals surface area contributed by atoms with Crippen molar-refractivity contribution in [3.8, 4) is 5.75 Å². The van der Waals surface area contributed by atoms with Crippen LogP contribution in [0.2, 0.25) is 0 Å². The summed E-state index contributed by atoms with van der Waals surface area (Å²) in [6, 6.07) is 9.23. The van der Waals surface area contributed by atoms with Crippen molar-refractivity contribution in [1.29, 1.82) is 0 Å². The van der Waals surface area contributed by atoms with Crippen LogP contribution in [0.3, 0.4) is 0 Å². The number of rotatable bonds is 3. The van der Waals surface area contributed by atoms with Crippen molar-refractivity contribution in [3.05, 3.63) is 42.0 Å². The molecular formula is C12H7ClF2O2. The Morgan fingerprint density at radius 2 is 2.00 bits per heavy atom. The minimum absolute atomic E-state index is 0.0478. The van der Waals surface area contributed by atoms with Gasteiger partial charge in [0.05, 0.1) is 0 Å².